The van der Waals surface area contributed by atoms with Gasteiger partial charge in [0.25, 0.3) is 0 Å². The number of carbonyl (C=O) groups is 1. The Kier molecular flexibility index (Phi) is 2.28. The van der Waals surface area contributed by atoms with Crippen LogP contribution in [0.5, 0.6) is 0 Å². The largest absolute Gasteiger partial charge is 0.352 e. The molecule has 82 valence electrons. The number of hydrogen-bond acceptors (Lipinski definition) is 1. The van der Waals surface area contributed by atoms with Crippen molar-refractivity contribution < 1.29 is 4.79 Å². The number of ketones is 1. The maximum absolute atomic E-state index is 12.0. The molecule has 0 radical (unpaired) electrons. The van der Waals surface area contributed by atoms with Gasteiger partial charge in [0.1, 0.15) is 0 Å². The van der Waals surface area contributed by atoms with E-state index in [0.717, 1.165) is 24.1 Å². The van der Waals surface area contributed by atoms with Gasteiger partial charge < -0.3 is 4.98 Å². The van der Waals surface area contributed by atoms with Crippen LogP contribution in [0.1, 0.15) is 41.7 Å². The SMILES string of the molecule is O=C1CCCCCc2c1[nH]c1ccccc21. The van der Waals surface area contributed by atoms with Crippen molar-refractivity contribution in [2.45, 2.75) is 32.1 Å². The highest BCUT2D eigenvalue weighted by molar-refractivity contribution is 6.02. The number of nitrogens with one attached hydrogen (secondary N) is 1. The molecule has 1 aromatic heterocycles. The van der Waals surface area contributed by atoms with Gasteiger partial charge in [-0.2, -0.15) is 0 Å². The summed E-state index contributed by atoms with van der Waals surface area (Å²) in [5, 5.41) is 1.23. The monoisotopic (exact) mass is 213 g/mol. The zero-order valence-corrected chi connectivity index (χ0v) is 9.25. The summed E-state index contributed by atoms with van der Waals surface area (Å²) < 4.78 is 0. The molecule has 1 N–H and O–H groups in total. The van der Waals surface area contributed by atoms with Crippen molar-refractivity contribution >= 4 is 16.7 Å². The first-order chi connectivity index (χ1) is 7.86. The van der Waals surface area contributed by atoms with Gasteiger partial charge in [0, 0.05) is 17.3 Å². The van der Waals surface area contributed by atoms with Crippen LogP contribution >= 0.6 is 0 Å². The number of para-hydroxylation sites is 1. The van der Waals surface area contributed by atoms with Crippen molar-refractivity contribution in [3.05, 3.63) is 35.5 Å². The van der Waals surface area contributed by atoms with Gasteiger partial charge >= 0.3 is 0 Å². The van der Waals surface area contributed by atoms with Crippen molar-refractivity contribution in [1.29, 1.82) is 0 Å². The maximum atomic E-state index is 12.0. The van der Waals surface area contributed by atoms with Crippen LogP contribution < -0.4 is 0 Å². The average Bonchev–Trinajstić information content (AvgIpc) is 2.65. The molecule has 1 heterocycles. The van der Waals surface area contributed by atoms with Crippen molar-refractivity contribution in [2.75, 3.05) is 0 Å². The summed E-state index contributed by atoms with van der Waals surface area (Å²) in [4.78, 5) is 15.3. The molecule has 1 aliphatic carbocycles. The Morgan fingerprint density at radius 1 is 1.00 bits per heavy atom. The van der Waals surface area contributed by atoms with E-state index in [2.05, 4.69) is 11.1 Å². The zero-order valence-electron chi connectivity index (χ0n) is 9.25. The Morgan fingerprint density at radius 2 is 1.81 bits per heavy atom. The van der Waals surface area contributed by atoms with Gasteiger partial charge in [-0.1, -0.05) is 24.6 Å². The molecule has 0 saturated carbocycles. The summed E-state index contributed by atoms with van der Waals surface area (Å²) in [6.07, 6.45) is 5.13. The first-order valence-electron chi connectivity index (χ1n) is 5.99. The first-order valence-corrected chi connectivity index (χ1v) is 5.99. The van der Waals surface area contributed by atoms with E-state index >= 15 is 0 Å². The summed E-state index contributed by atoms with van der Waals surface area (Å²) in [6.45, 7) is 0. The van der Waals surface area contributed by atoms with Crippen LogP contribution in [0.3, 0.4) is 0 Å². The molecule has 2 nitrogen and oxygen atoms in total. The zero-order chi connectivity index (χ0) is 11.0. The molecule has 1 aliphatic rings. The summed E-state index contributed by atoms with van der Waals surface area (Å²) in [6, 6.07) is 8.21. The highest BCUT2D eigenvalue weighted by atomic mass is 16.1. The molecule has 0 aliphatic heterocycles. The average molecular weight is 213 g/mol. The summed E-state index contributed by atoms with van der Waals surface area (Å²) in [7, 11) is 0. The highest BCUT2D eigenvalue weighted by Crippen LogP contribution is 2.27. The molecule has 0 amide bonds. The number of aromatic amines is 1. The summed E-state index contributed by atoms with van der Waals surface area (Å²) in [5.41, 5.74) is 3.20. The minimum atomic E-state index is 0.283. The van der Waals surface area contributed by atoms with E-state index in [1.54, 1.807) is 0 Å². The molecule has 2 aromatic rings. The molecule has 1 aromatic carbocycles. The fourth-order valence-corrected chi connectivity index (χ4v) is 2.59. The molecule has 0 bridgehead atoms. The van der Waals surface area contributed by atoms with Crippen LogP contribution in [0.4, 0.5) is 0 Å². The van der Waals surface area contributed by atoms with E-state index in [1.165, 1.54) is 23.8 Å². The Labute approximate surface area is 94.7 Å². The van der Waals surface area contributed by atoms with E-state index in [0.29, 0.717) is 6.42 Å². The van der Waals surface area contributed by atoms with Gasteiger partial charge in [0.05, 0.1) is 5.69 Å². The van der Waals surface area contributed by atoms with E-state index in [4.69, 9.17) is 0 Å². The lowest BCUT2D eigenvalue weighted by Gasteiger charge is -2.08. The van der Waals surface area contributed by atoms with Gasteiger partial charge in [-0.05, 0) is 30.9 Å². The number of benzene rings is 1. The number of H-pyrrole nitrogens is 1. The van der Waals surface area contributed by atoms with Crippen LogP contribution in [0.25, 0.3) is 10.9 Å². The molecule has 2 heteroatoms. The van der Waals surface area contributed by atoms with Crippen molar-refractivity contribution in [3.63, 3.8) is 0 Å². The van der Waals surface area contributed by atoms with E-state index in [-0.39, 0.29) is 5.78 Å². The Morgan fingerprint density at radius 3 is 2.75 bits per heavy atom. The van der Waals surface area contributed by atoms with Crippen LogP contribution in [0.2, 0.25) is 0 Å². The van der Waals surface area contributed by atoms with Gasteiger partial charge in [0.15, 0.2) is 5.78 Å². The molecule has 0 saturated heterocycles. The third-order valence-corrected chi connectivity index (χ3v) is 3.42. The van der Waals surface area contributed by atoms with Crippen molar-refractivity contribution in [1.82, 2.24) is 4.98 Å². The molecular formula is C14H15NO. The third kappa shape index (κ3) is 1.45. The standard InChI is InChI=1S/C14H15NO/c16-13-9-3-1-2-7-11-10-6-4-5-8-12(10)15-14(11)13/h4-6,8,15H,1-3,7,9H2. The predicted molar refractivity (Wildman–Crippen MR) is 64.8 cm³/mol. The summed E-state index contributed by atoms with van der Waals surface area (Å²) >= 11 is 0. The number of hydrogen-bond donors (Lipinski definition) is 1. The third-order valence-electron chi connectivity index (χ3n) is 3.42. The highest BCUT2D eigenvalue weighted by Gasteiger charge is 2.18. The first kappa shape index (κ1) is 9.64. The van der Waals surface area contributed by atoms with Gasteiger partial charge in [-0.15, -0.1) is 0 Å². The fraction of sp³-hybridized carbons (Fsp3) is 0.357. The van der Waals surface area contributed by atoms with Crippen LogP contribution in [0.15, 0.2) is 24.3 Å². The van der Waals surface area contributed by atoms with E-state index < -0.39 is 0 Å². The lowest BCUT2D eigenvalue weighted by molar-refractivity contribution is 0.0972. The van der Waals surface area contributed by atoms with Crippen molar-refractivity contribution in [2.24, 2.45) is 0 Å². The maximum Gasteiger partial charge on any atom is 0.179 e. The molecule has 0 unspecified atom stereocenters. The van der Waals surface area contributed by atoms with E-state index in [9.17, 15) is 4.79 Å². The second-order valence-corrected chi connectivity index (χ2v) is 4.51. The van der Waals surface area contributed by atoms with Crippen LogP contribution in [-0.2, 0) is 6.42 Å². The Bertz CT molecular complexity index is 539. The molecule has 0 spiro atoms. The Hall–Kier alpha value is -1.57. The lowest BCUT2D eigenvalue weighted by Crippen LogP contribution is -2.06. The quantitative estimate of drug-likeness (QED) is 0.714. The number of rotatable bonds is 0. The summed E-state index contributed by atoms with van der Waals surface area (Å²) in [5.74, 6) is 0.283. The number of Topliss-reactive ketones (excluding diaryl/α,β-unsaturated/α-hetero) is 1. The van der Waals surface area contributed by atoms with Gasteiger partial charge in [-0.3, -0.25) is 4.79 Å². The number of carbonyl (C=O) groups excluding carboxylic acids is 1. The minimum absolute atomic E-state index is 0.283. The smallest absolute Gasteiger partial charge is 0.179 e. The molecule has 16 heavy (non-hydrogen) atoms. The molecule has 3 rings (SSSR count). The number of aryl methyl sites for hydroxylation is 1. The second-order valence-electron chi connectivity index (χ2n) is 4.51. The second kappa shape index (κ2) is 3.78. The number of fused-ring (bicyclic) bond motifs is 3. The Balaban J connectivity index is 2.23. The van der Waals surface area contributed by atoms with E-state index in [1.807, 2.05) is 18.2 Å². The number of aromatic nitrogens is 1. The topological polar surface area (TPSA) is 32.9 Å². The van der Waals surface area contributed by atoms with Crippen molar-refractivity contribution in [3.8, 4) is 0 Å². The van der Waals surface area contributed by atoms with Gasteiger partial charge in [-0.25, -0.2) is 0 Å². The molecule has 0 atom stereocenters. The van der Waals surface area contributed by atoms with Crippen LogP contribution in [-0.4, -0.2) is 10.8 Å². The minimum Gasteiger partial charge on any atom is -0.352 e. The molecular weight excluding hydrogens is 198 g/mol. The predicted octanol–water partition coefficient (Wildman–Crippen LogP) is 3.47. The van der Waals surface area contributed by atoms with Gasteiger partial charge in [0.2, 0.25) is 0 Å². The lowest BCUT2D eigenvalue weighted by atomic mass is 9.96. The fourth-order valence-electron chi connectivity index (χ4n) is 2.59. The molecule has 0 fully saturated rings. The van der Waals surface area contributed by atoms with Crippen LogP contribution in [0, 0.1) is 0 Å². The normalized spacial score (nSPS) is 16.9.